The number of piperidine rings is 1. The van der Waals surface area contributed by atoms with Crippen LogP contribution in [-0.4, -0.2) is 22.9 Å². The summed E-state index contributed by atoms with van der Waals surface area (Å²) in [4.78, 5) is 2.29. The number of nitrogen functional groups attached to an aromatic ring is 1. The number of hydrogen-bond donors (Lipinski definition) is 1. The SMILES string of the molecule is N#Cc1ccc(N2CCC(n3ccc(N)n3)CC2)cc1Cl. The van der Waals surface area contributed by atoms with Crippen LogP contribution in [0, 0.1) is 11.3 Å². The molecular formula is C15H16ClN5. The number of hydrogen-bond acceptors (Lipinski definition) is 4. The van der Waals surface area contributed by atoms with Crippen molar-refractivity contribution in [2.75, 3.05) is 23.7 Å². The predicted octanol–water partition coefficient (Wildman–Crippen LogP) is 2.83. The zero-order valence-electron chi connectivity index (χ0n) is 11.5. The Kier molecular flexibility index (Phi) is 3.72. The van der Waals surface area contributed by atoms with E-state index < -0.39 is 0 Å². The molecule has 1 aliphatic heterocycles. The maximum Gasteiger partial charge on any atom is 0.145 e. The molecule has 3 rings (SSSR count). The molecule has 1 saturated heterocycles. The van der Waals surface area contributed by atoms with Gasteiger partial charge in [-0.05, 0) is 37.1 Å². The van der Waals surface area contributed by atoms with Gasteiger partial charge in [-0.3, -0.25) is 4.68 Å². The second-order valence-electron chi connectivity index (χ2n) is 5.21. The lowest BCUT2D eigenvalue weighted by Crippen LogP contribution is -2.34. The average Bonchev–Trinajstić information content (AvgIpc) is 2.94. The molecule has 0 amide bonds. The van der Waals surface area contributed by atoms with E-state index in [4.69, 9.17) is 22.6 Å². The third kappa shape index (κ3) is 2.81. The first-order chi connectivity index (χ1) is 10.2. The van der Waals surface area contributed by atoms with E-state index in [2.05, 4.69) is 16.1 Å². The molecule has 5 nitrogen and oxygen atoms in total. The molecule has 0 bridgehead atoms. The van der Waals surface area contributed by atoms with Crippen LogP contribution < -0.4 is 10.6 Å². The minimum Gasteiger partial charge on any atom is -0.382 e. The molecule has 1 aromatic heterocycles. The summed E-state index contributed by atoms with van der Waals surface area (Å²) in [5, 5.41) is 13.7. The van der Waals surface area contributed by atoms with Crippen LogP contribution in [0.5, 0.6) is 0 Å². The highest BCUT2D eigenvalue weighted by Crippen LogP contribution is 2.29. The van der Waals surface area contributed by atoms with Gasteiger partial charge in [-0.2, -0.15) is 10.4 Å². The Balaban J connectivity index is 1.68. The third-order valence-corrected chi connectivity index (χ3v) is 4.22. The van der Waals surface area contributed by atoms with Gasteiger partial charge in [0.15, 0.2) is 0 Å². The summed E-state index contributed by atoms with van der Waals surface area (Å²) < 4.78 is 1.96. The molecule has 2 aromatic rings. The molecule has 0 spiro atoms. The van der Waals surface area contributed by atoms with Crippen LogP contribution in [0.15, 0.2) is 30.5 Å². The molecule has 1 aromatic carbocycles. The Morgan fingerprint density at radius 2 is 2.05 bits per heavy atom. The summed E-state index contributed by atoms with van der Waals surface area (Å²) >= 11 is 6.10. The van der Waals surface area contributed by atoms with Crippen molar-refractivity contribution in [3.05, 3.63) is 41.0 Å². The Morgan fingerprint density at radius 1 is 1.29 bits per heavy atom. The van der Waals surface area contributed by atoms with Crippen molar-refractivity contribution in [1.29, 1.82) is 5.26 Å². The largest absolute Gasteiger partial charge is 0.382 e. The van der Waals surface area contributed by atoms with E-state index in [9.17, 15) is 0 Å². The van der Waals surface area contributed by atoms with Crippen molar-refractivity contribution < 1.29 is 0 Å². The molecule has 108 valence electrons. The molecule has 0 unspecified atom stereocenters. The molecule has 2 N–H and O–H groups in total. The quantitative estimate of drug-likeness (QED) is 0.926. The highest BCUT2D eigenvalue weighted by atomic mass is 35.5. The Hall–Kier alpha value is -2.19. The second-order valence-corrected chi connectivity index (χ2v) is 5.62. The van der Waals surface area contributed by atoms with E-state index in [1.165, 1.54) is 0 Å². The van der Waals surface area contributed by atoms with Crippen LogP contribution >= 0.6 is 11.6 Å². The van der Waals surface area contributed by atoms with Gasteiger partial charge in [0, 0.05) is 25.0 Å². The van der Waals surface area contributed by atoms with Crippen LogP contribution in [-0.2, 0) is 0 Å². The summed E-state index contributed by atoms with van der Waals surface area (Å²) in [5.74, 6) is 0.566. The first-order valence-corrected chi connectivity index (χ1v) is 7.30. The van der Waals surface area contributed by atoms with Gasteiger partial charge in [-0.1, -0.05) is 11.6 Å². The van der Waals surface area contributed by atoms with Crippen molar-refractivity contribution in [1.82, 2.24) is 9.78 Å². The first-order valence-electron chi connectivity index (χ1n) is 6.92. The highest BCUT2D eigenvalue weighted by Gasteiger charge is 2.21. The number of anilines is 2. The van der Waals surface area contributed by atoms with Crippen LogP contribution in [0.4, 0.5) is 11.5 Å². The predicted molar refractivity (Wildman–Crippen MR) is 83.3 cm³/mol. The summed E-state index contributed by atoms with van der Waals surface area (Å²) in [5.41, 5.74) is 7.25. The van der Waals surface area contributed by atoms with E-state index in [-0.39, 0.29) is 0 Å². The maximum atomic E-state index is 8.91. The van der Waals surface area contributed by atoms with Crippen molar-refractivity contribution in [2.24, 2.45) is 0 Å². The second kappa shape index (κ2) is 5.66. The summed E-state index contributed by atoms with van der Waals surface area (Å²) in [6, 6.07) is 9.90. The minimum atomic E-state index is 0.396. The summed E-state index contributed by atoms with van der Waals surface area (Å²) in [6.45, 7) is 1.87. The van der Waals surface area contributed by atoms with E-state index in [1.807, 2.05) is 29.1 Å². The van der Waals surface area contributed by atoms with Gasteiger partial charge in [-0.25, -0.2) is 0 Å². The fourth-order valence-corrected chi connectivity index (χ4v) is 2.95. The molecule has 1 fully saturated rings. The smallest absolute Gasteiger partial charge is 0.145 e. The van der Waals surface area contributed by atoms with Gasteiger partial charge in [0.05, 0.1) is 16.6 Å². The van der Waals surface area contributed by atoms with Gasteiger partial charge in [0.25, 0.3) is 0 Å². The Bertz CT molecular complexity index is 680. The van der Waals surface area contributed by atoms with Gasteiger partial charge < -0.3 is 10.6 Å². The Morgan fingerprint density at radius 3 is 2.62 bits per heavy atom. The molecule has 0 radical (unpaired) electrons. The van der Waals surface area contributed by atoms with E-state index in [0.29, 0.717) is 22.4 Å². The number of nitrogens with zero attached hydrogens (tertiary/aromatic N) is 4. The van der Waals surface area contributed by atoms with Crippen molar-refractivity contribution in [3.63, 3.8) is 0 Å². The minimum absolute atomic E-state index is 0.396. The van der Waals surface area contributed by atoms with E-state index >= 15 is 0 Å². The van der Waals surface area contributed by atoms with Crippen molar-refractivity contribution >= 4 is 23.1 Å². The van der Waals surface area contributed by atoms with Gasteiger partial charge >= 0.3 is 0 Å². The fraction of sp³-hybridized carbons (Fsp3) is 0.333. The van der Waals surface area contributed by atoms with Crippen LogP contribution in [0.3, 0.4) is 0 Å². The van der Waals surface area contributed by atoms with Gasteiger partial charge in [-0.15, -0.1) is 0 Å². The number of rotatable bonds is 2. The van der Waals surface area contributed by atoms with E-state index in [1.54, 1.807) is 6.07 Å². The molecular weight excluding hydrogens is 286 g/mol. The lowest BCUT2D eigenvalue weighted by atomic mass is 10.0. The van der Waals surface area contributed by atoms with Gasteiger partial charge in [0.2, 0.25) is 0 Å². The number of nitriles is 1. The molecule has 2 heterocycles. The number of halogens is 1. The van der Waals surface area contributed by atoms with Crippen molar-refractivity contribution in [3.8, 4) is 6.07 Å². The number of aromatic nitrogens is 2. The molecule has 0 aliphatic carbocycles. The zero-order chi connectivity index (χ0) is 14.8. The fourth-order valence-electron chi connectivity index (χ4n) is 2.74. The number of nitrogens with two attached hydrogens (primary N) is 1. The Labute approximate surface area is 128 Å². The van der Waals surface area contributed by atoms with Gasteiger partial charge in [0.1, 0.15) is 11.9 Å². The third-order valence-electron chi connectivity index (χ3n) is 3.91. The molecule has 6 heteroatoms. The lowest BCUT2D eigenvalue weighted by molar-refractivity contribution is 0.368. The van der Waals surface area contributed by atoms with Crippen molar-refractivity contribution in [2.45, 2.75) is 18.9 Å². The molecule has 0 saturated carbocycles. The molecule has 0 atom stereocenters. The van der Waals surface area contributed by atoms with Crippen LogP contribution in [0.1, 0.15) is 24.4 Å². The van der Waals surface area contributed by atoms with Crippen LogP contribution in [0.25, 0.3) is 0 Å². The number of benzene rings is 1. The highest BCUT2D eigenvalue weighted by molar-refractivity contribution is 6.32. The summed E-state index contributed by atoms with van der Waals surface area (Å²) in [7, 11) is 0. The van der Waals surface area contributed by atoms with Crippen LogP contribution in [0.2, 0.25) is 5.02 Å². The maximum absolute atomic E-state index is 8.91. The topological polar surface area (TPSA) is 70.9 Å². The van der Waals surface area contributed by atoms with E-state index in [0.717, 1.165) is 31.6 Å². The first kappa shape index (κ1) is 13.8. The lowest BCUT2D eigenvalue weighted by Gasteiger charge is -2.33. The molecule has 21 heavy (non-hydrogen) atoms. The monoisotopic (exact) mass is 301 g/mol. The molecule has 1 aliphatic rings. The normalized spacial score (nSPS) is 15.9. The average molecular weight is 302 g/mol. The standard InChI is InChI=1S/C15H16ClN5/c16-14-9-13(2-1-11(14)10-17)20-6-3-12(4-7-20)21-8-5-15(18)19-21/h1-2,5,8-9,12H,3-4,6-7H2,(H2,18,19). The zero-order valence-corrected chi connectivity index (χ0v) is 12.3. The summed E-state index contributed by atoms with van der Waals surface area (Å²) in [6.07, 6.45) is 3.96.